The first kappa shape index (κ1) is 13.7. The van der Waals surface area contributed by atoms with Gasteiger partial charge in [0.1, 0.15) is 5.92 Å². The zero-order chi connectivity index (χ0) is 13.0. The number of hydrogen-bond donors (Lipinski definition) is 1. The van der Waals surface area contributed by atoms with Crippen molar-refractivity contribution in [2.75, 3.05) is 20.3 Å². The van der Waals surface area contributed by atoms with E-state index in [1.807, 2.05) is 13.0 Å². The molecule has 5 heteroatoms. The summed E-state index contributed by atoms with van der Waals surface area (Å²) in [5, 5.41) is 9.02. The molecule has 5 nitrogen and oxygen atoms in total. The lowest BCUT2D eigenvalue weighted by Gasteiger charge is -2.26. The van der Waals surface area contributed by atoms with E-state index in [9.17, 15) is 9.59 Å². The fraction of sp³-hybridized carbons (Fsp3) is 0.667. The first-order valence-corrected chi connectivity index (χ1v) is 5.73. The number of hydrogen-bond acceptors (Lipinski definition) is 3. The Hall–Kier alpha value is -1.36. The number of carbonyl (C=O) groups excluding carboxylic acids is 1. The van der Waals surface area contributed by atoms with E-state index < -0.39 is 11.9 Å². The fourth-order valence-electron chi connectivity index (χ4n) is 1.98. The molecule has 1 aliphatic rings. The molecule has 0 aromatic heterocycles. The van der Waals surface area contributed by atoms with Crippen LogP contribution >= 0.6 is 0 Å². The number of ether oxygens (including phenoxy) is 1. The predicted octanol–water partition coefficient (Wildman–Crippen LogP) is 0.901. The van der Waals surface area contributed by atoms with Crippen LogP contribution < -0.4 is 0 Å². The predicted molar refractivity (Wildman–Crippen MR) is 62.6 cm³/mol. The van der Waals surface area contributed by atoms with E-state index in [1.54, 1.807) is 14.0 Å². The minimum absolute atomic E-state index is 0.131. The van der Waals surface area contributed by atoms with E-state index in [2.05, 4.69) is 0 Å². The standard InChI is InChI=1S/C12H19NO4/c1-4-5-8(2)11(14)13(3)10-7-17-6-9(10)12(15)16/h5,9-10H,4,6-7H2,1-3H3,(H,15,16). The molecule has 17 heavy (non-hydrogen) atoms. The highest BCUT2D eigenvalue weighted by molar-refractivity contribution is 5.93. The minimum atomic E-state index is -0.913. The number of carboxylic acid groups (broad SMARTS) is 1. The third kappa shape index (κ3) is 3.06. The molecule has 1 amide bonds. The smallest absolute Gasteiger partial charge is 0.311 e. The maximum Gasteiger partial charge on any atom is 0.311 e. The average Bonchev–Trinajstić information content (AvgIpc) is 2.76. The van der Waals surface area contributed by atoms with Gasteiger partial charge in [0.25, 0.3) is 0 Å². The SMILES string of the molecule is CCC=C(C)C(=O)N(C)C1COCC1C(=O)O. The molecule has 0 aromatic rings. The van der Waals surface area contributed by atoms with Gasteiger partial charge in [0, 0.05) is 12.6 Å². The van der Waals surface area contributed by atoms with Crippen LogP contribution in [0.3, 0.4) is 0 Å². The van der Waals surface area contributed by atoms with E-state index >= 15 is 0 Å². The summed E-state index contributed by atoms with van der Waals surface area (Å²) < 4.78 is 5.15. The summed E-state index contributed by atoms with van der Waals surface area (Å²) in [6.45, 7) is 4.16. The van der Waals surface area contributed by atoms with Crippen LogP contribution in [0, 0.1) is 5.92 Å². The summed E-state index contributed by atoms with van der Waals surface area (Å²) >= 11 is 0. The Kier molecular flexibility index (Phi) is 4.69. The van der Waals surface area contributed by atoms with Crippen LogP contribution in [0.1, 0.15) is 20.3 Å². The van der Waals surface area contributed by atoms with Gasteiger partial charge in [0.2, 0.25) is 5.91 Å². The number of rotatable bonds is 4. The van der Waals surface area contributed by atoms with Gasteiger partial charge in [-0.15, -0.1) is 0 Å². The molecular formula is C12H19NO4. The molecule has 2 atom stereocenters. The molecule has 1 saturated heterocycles. The number of allylic oxidation sites excluding steroid dienone is 1. The highest BCUT2D eigenvalue weighted by Gasteiger charge is 2.38. The molecule has 1 heterocycles. The Balaban J connectivity index is 2.75. The van der Waals surface area contributed by atoms with Crippen molar-refractivity contribution >= 4 is 11.9 Å². The van der Waals surface area contributed by atoms with Crippen molar-refractivity contribution < 1.29 is 19.4 Å². The van der Waals surface area contributed by atoms with Crippen molar-refractivity contribution in [3.63, 3.8) is 0 Å². The second-order valence-corrected chi connectivity index (χ2v) is 4.26. The molecule has 2 unspecified atom stereocenters. The van der Waals surface area contributed by atoms with E-state index in [4.69, 9.17) is 9.84 Å². The molecule has 0 bridgehead atoms. The van der Waals surface area contributed by atoms with Gasteiger partial charge in [0.15, 0.2) is 0 Å². The highest BCUT2D eigenvalue weighted by Crippen LogP contribution is 2.20. The summed E-state index contributed by atoms with van der Waals surface area (Å²) in [5.74, 6) is -1.67. The Morgan fingerprint density at radius 3 is 2.65 bits per heavy atom. The van der Waals surface area contributed by atoms with Crippen LogP contribution in [0.25, 0.3) is 0 Å². The number of likely N-dealkylation sites (N-methyl/N-ethyl adjacent to an activating group) is 1. The summed E-state index contributed by atoms with van der Waals surface area (Å²) in [6, 6.07) is -0.375. The van der Waals surface area contributed by atoms with E-state index in [0.29, 0.717) is 12.2 Å². The third-order valence-electron chi connectivity index (χ3n) is 3.03. The summed E-state index contributed by atoms with van der Waals surface area (Å²) in [6.07, 6.45) is 2.62. The Labute approximate surface area is 101 Å². The van der Waals surface area contributed by atoms with Crippen LogP contribution in [-0.4, -0.2) is 48.2 Å². The molecule has 0 radical (unpaired) electrons. The maximum absolute atomic E-state index is 12.0. The van der Waals surface area contributed by atoms with Gasteiger partial charge in [-0.25, -0.2) is 0 Å². The topological polar surface area (TPSA) is 66.8 Å². The van der Waals surface area contributed by atoms with Crippen molar-refractivity contribution in [2.24, 2.45) is 5.92 Å². The van der Waals surface area contributed by atoms with Crippen LogP contribution in [0.15, 0.2) is 11.6 Å². The average molecular weight is 241 g/mol. The maximum atomic E-state index is 12.0. The molecule has 1 N–H and O–H groups in total. The van der Waals surface area contributed by atoms with E-state index in [1.165, 1.54) is 4.90 Å². The zero-order valence-electron chi connectivity index (χ0n) is 10.5. The monoisotopic (exact) mass is 241 g/mol. The van der Waals surface area contributed by atoms with Crippen molar-refractivity contribution in [1.29, 1.82) is 0 Å². The Morgan fingerprint density at radius 2 is 2.12 bits per heavy atom. The molecule has 1 aliphatic heterocycles. The fourth-order valence-corrected chi connectivity index (χ4v) is 1.98. The molecule has 1 fully saturated rings. The van der Waals surface area contributed by atoms with Crippen LogP contribution in [0.4, 0.5) is 0 Å². The van der Waals surface area contributed by atoms with Crippen molar-refractivity contribution in [1.82, 2.24) is 4.90 Å². The first-order chi connectivity index (χ1) is 7.99. The number of nitrogens with zero attached hydrogens (tertiary/aromatic N) is 1. The second-order valence-electron chi connectivity index (χ2n) is 4.26. The Bertz CT molecular complexity index is 337. The van der Waals surface area contributed by atoms with Gasteiger partial charge >= 0.3 is 5.97 Å². The molecule has 96 valence electrons. The van der Waals surface area contributed by atoms with Crippen molar-refractivity contribution in [3.8, 4) is 0 Å². The zero-order valence-corrected chi connectivity index (χ0v) is 10.5. The lowest BCUT2D eigenvalue weighted by Crippen LogP contribution is -2.44. The summed E-state index contributed by atoms with van der Waals surface area (Å²) in [5.41, 5.74) is 0.644. The van der Waals surface area contributed by atoms with E-state index in [0.717, 1.165) is 6.42 Å². The lowest BCUT2D eigenvalue weighted by atomic mass is 10.0. The summed E-state index contributed by atoms with van der Waals surface area (Å²) in [4.78, 5) is 24.5. The normalized spacial score (nSPS) is 24.8. The van der Waals surface area contributed by atoms with Gasteiger partial charge in [0.05, 0.1) is 19.3 Å². The van der Waals surface area contributed by atoms with Gasteiger partial charge in [-0.05, 0) is 13.3 Å². The molecule has 0 spiro atoms. The van der Waals surface area contributed by atoms with Gasteiger partial charge in [-0.1, -0.05) is 13.0 Å². The molecular weight excluding hydrogens is 222 g/mol. The largest absolute Gasteiger partial charge is 0.481 e. The van der Waals surface area contributed by atoms with Gasteiger partial charge in [-0.3, -0.25) is 9.59 Å². The van der Waals surface area contributed by atoms with Gasteiger partial charge < -0.3 is 14.7 Å². The number of amides is 1. The first-order valence-electron chi connectivity index (χ1n) is 5.73. The van der Waals surface area contributed by atoms with E-state index in [-0.39, 0.29) is 18.6 Å². The third-order valence-corrected chi connectivity index (χ3v) is 3.03. The summed E-state index contributed by atoms with van der Waals surface area (Å²) in [7, 11) is 1.63. The second kappa shape index (κ2) is 5.82. The minimum Gasteiger partial charge on any atom is -0.481 e. The number of carboxylic acids is 1. The number of carbonyl (C=O) groups is 2. The number of aliphatic carboxylic acids is 1. The quantitative estimate of drug-likeness (QED) is 0.743. The Morgan fingerprint density at radius 1 is 1.47 bits per heavy atom. The highest BCUT2D eigenvalue weighted by atomic mass is 16.5. The lowest BCUT2D eigenvalue weighted by molar-refractivity contribution is -0.144. The van der Waals surface area contributed by atoms with Gasteiger partial charge in [-0.2, -0.15) is 0 Å². The van der Waals surface area contributed by atoms with Crippen molar-refractivity contribution in [2.45, 2.75) is 26.3 Å². The van der Waals surface area contributed by atoms with Crippen LogP contribution in [0.5, 0.6) is 0 Å². The van der Waals surface area contributed by atoms with Crippen LogP contribution in [0.2, 0.25) is 0 Å². The molecule has 0 saturated carbocycles. The van der Waals surface area contributed by atoms with Crippen LogP contribution in [-0.2, 0) is 14.3 Å². The molecule has 0 aromatic carbocycles. The van der Waals surface area contributed by atoms with Crippen molar-refractivity contribution in [3.05, 3.63) is 11.6 Å². The molecule has 1 rings (SSSR count). The molecule has 0 aliphatic carbocycles.